The Morgan fingerprint density at radius 3 is 2.67 bits per heavy atom. The third-order valence-electron chi connectivity index (χ3n) is 2.70. The molecule has 0 N–H and O–H groups in total. The normalized spacial score (nSPS) is 10.9. The number of aromatic nitrogens is 3. The minimum atomic E-state index is 1.03. The lowest BCUT2D eigenvalue weighted by Gasteiger charge is -1.95. The predicted octanol–water partition coefficient (Wildman–Crippen LogP) is 2.24. The second-order valence-electron chi connectivity index (χ2n) is 4.21. The van der Waals surface area contributed by atoms with E-state index in [9.17, 15) is 0 Å². The summed E-state index contributed by atoms with van der Waals surface area (Å²) in [5.74, 6) is 0. The van der Waals surface area contributed by atoms with Gasteiger partial charge in [-0.2, -0.15) is 0 Å². The third kappa shape index (κ3) is 4.02. The van der Waals surface area contributed by atoms with E-state index in [1.807, 2.05) is 11.7 Å². The molecular weight excluding hydrogens is 186 g/mol. The molecule has 1 heterocycles. The minimum Gasteiger partial charge on any atom is -0.137 e. The summed E-state index contributed by atoms with van der Waals surface area (Å²) in [7, 11) is 2.04. The molecule has 1 aromatic rings. The SMILES string of the molecule is CCCCCCc1c[n+](CCC)nn1C. The van der Waals surface area contributed by atoms with Crippen molar-refractivity contribution in [3.05, 3.63) is 11.9 Å². The Morgan fingerprint density at radius 2 is 2.00 bits per heavy atom. The van der Waals surface area contributed by atoms with Gasteiger partial charge in [-0.05, 0) is 12.8 Å². The van der Waals surface area contributed by atoms with Gasteiger partial charge in [-0.3, -0.25) is 0 Å². The summed E-state index contributed by atoms with van der Waals surface area (Å²) in [6.07, 6.45) is 9.80. The fraction of sp³-hybridized carbons (Fsp3) is 0.833. The van der Waals surface area contributed by atoms with Crippen molar-refractivity contribution in [1.82, 2.24) is 9.90 Å². The smallest absolute Gasteiger partial charge is 0.137 e. The van der Waals surface area contributed by atoms with Crippen LogP contribution in [0.15, 0.2) is 6.20 Å². The molecule has 0 bridgehead atoms. The summed E-state index contributed by atoms with van der Waals surface area (Å²) >= 11 is 0. The molecule has 0 saturated heterocycles. The number of hydrogen-bond acceptors (Lipinski definition) is 1. The molecule has 86 valence electrons. The topological polar surface area (TPSA) is 21.7 Å². The molecule has 0 spiro atoms. The standard InChI is InChI=1S/C12H24N3/c1-4-6-7-8-9-12-11-15(10-5-2)13-14(12)3/h11H,4-10H2,1-3H3/q+1. The maximum atomic E-state index is 4.43. The molecule has 0 aromatic carbocycles. The zero-order chi connectivity index (χ0) is 11.1. The maximum absolute atomic E-state index is 4.43. The number of nitrogens with zero attached hydrogens (tertiary/aromatic N) is 3. The molecule has 0 unspecified atom stereocenters. The first-order valence-corrected chi connectivity index (χ1v) is 6.20. The zero-order valence-electron chi connectivity index (χ0n) is 10.4. The van der Waals surface area contributed by atoms with Crippen LogP contribution in [0.4, 0.5) is 0 Å². The van der Waals surface area contributed by atoms with Crippen LogP contribution in [-0.4, -0.2) is 9.90 Å². The summed E-state index contributed by atoms with van der Waals surface area (Å²) in [5.41, 5.74) is 1.36. The van der Waals surface area contributed by atoms with Gasteiger partial charge in [0.2, 0.25) is 0 Å². The van der Waals surface area contributed by atoms with E-state index < -0.39 is 0 Å². The van der Waals surface area contributed by atoms with Crippen molar-refractivity contribution in [3.63, 3.8) is 0 Å². The fourth-order valence-corrected chi connectivity index (χ4v) is 1.81. The molecule has 0 aliphatic heterocycles. The molecule has 3 nitrogen and oxygen atoms in total. The Labute approximate surface area is 93.1 Å². The Hall–Kier alpha value is -0.860. The van der Waals surface area contributed by atoms with E-state index in [-0.39, 0.29) is 0 Å². The number of hydrogen-bond donors (Lipinski definition) is 0. The van der Waals surface area contributed by atoms with E-state index in [0.717, 1.165) is 13.0 Å². The third-order valence-corrected chi connectivity index (χ3v) is 2.70. The summed E-state index contributed by atoms with van der Waals surface area (Å²) in [4.78, 5) is 0. The molecule has 0 saturated carbocycles. The van der Waals surface area contributed by atoms with Crippen molar-refractivity contribution >= 4 is 0 Å². The second kappa shape index (κ2) is 6.59. The second-order valence-corrected chi connectivity index (χ2v) is 4.21. The maximum Gasteiger partial charge on any atom is 0.167 e. The van der Waals surface area contributed by atoms with Crippen LogP contribution >= 0.6 is 0 Å². The van der Waals surface area contributed by atoms with E-state index in [4.69, 9.17) is 0 Å². The van der Waals surface area contributed by atoms with Crippen molar-refractivity contribution < 1.29 is 4.68 Å². The van der Waals surface area contributed by atoms with Gasteiger partial charge >= 0.3 is 0 Å². The van der Waals surface area contributed by atoms with Gasteiger partial charge in [-0.1, -0.05) is 33.1 Å². The highest BCUT2D eigenvalue weighted by atomic mass is 15.5. The zero-order valence-corrected chi connectivity index (χ0v) is 10.4. The predicted molar refractivity (Wildman–Crippen MR) is 61.5 cm³/mol. The van der Waals surface area contributed by atoms with Gasteiger partial charge < -0.3 is 0 Å². The van der Waals surface area contributed by atoms with Crippen LogP contribution in [0.25, 0.3) is 0 Å². The summed E-state index contributed by atoms with van der Waals surface area (Å²) in [6, 6.07) is 0. The highest BCUT2D eigenvalue weighted by Gasteiger charge is 2.10. The molecule has 1 rings (SSSR count). The molecule has 0 atom stereocenters. The van der Waals surface area contributed by atoms with Crippen LogP contribution in [0.1, 0.15) is 51.6 Å². The van der Waals surface area contributed by atoms with E-state index in [1.54, 1.807) is 0 Å². The highest BCUT2D eigenvalue weighted by molar-refractivity contribution is 4.89. The molecule has 0 amide bonds. The van der Waals surface area contributed by atoms with Crippen LogP contribution in [0.3, 0.4) is 0 Å². The van der Waals surface area contributed by atoms with Crippen LogP contribution in [-0.2, 0) is 20.0 Å². The molecule has 0 aliphatic carbocycles. The van der Waals surface area contributed by atoms with Crippen LogP contribution in [0.5, 0.6) is 0 Å². The van der Waals surface area contributed by atoms with E-state index in [2.05, 4.69) is 29.9 Å². The van der Waals surface area contributed by atoms with Gasteiger partial charge in [0.25, 0.3) is 0 Å². The van der Waals surface area contributed by atoms with Gasteiger partial charge in [0, 0.05) is 6.42 Å². The molecule has 15 heavy (non-hydrogen) atoms. The van der Waals surface area contributed by atoms with E-state index in [1.165, 1.54) is 37.8 Å². The van der Waals surface area contributed by atoms with Gasteiger partial charge in [-0.25, -0.2) is 0 Å². The van der Waals surface area contributed by atoms with Gasteiger partial charge in [0.15, 0.2) is 11.9 Å². The van der Waals surface area contributed by atoms with Crippen molar-refractivity contribution in [2.75, 3.05) is 0 Å². The van der Waals surface area contributed by atoms with Crippen molar-refractivity contribution in [2.45, 2.75) is 58.9 Å². The first-order chi connectivity index (χ1) is 7.27. The Kier molecular flexibility index (Phi) is 5.37. The molecular formula is C12H24N3+. The molecule has 1 aromatic heterocycles. The van der Waals surface area contributed by atoms with Crippen molar-refractivity contribution in [1.29, 1.82) is 0 Å². The summed E-state index contributed by atoms with van der Waals surface area (Å²) in [6.45, 7) is 5.46. The Balaban J connectivity index is 2.39. The lowest BCUT2D eigenvalue weighted by molar-refractivity contribution is -0.755. The molecule has 0 fully saturated rings. The van der Waals surface area contributed by atoms with Crippen LogP contribution in [0.2, 0.25) is 0 Å². The average Bonchev–Trinajstić information content (AvgIpc) is 2.55. The van der Waals surface area contributed by atoms with Crippen molar-refractivity contribution in [2.24, 2.45) is 7.05 Å². The Bertz CT molecular complexity index is 278. The number of unbranched alkanes of at least 4 members (excludes halogenated alkanes) is 3. The van der Waals surface area contributed by atoms with Crippen LogP contribution < -0.4 is 4.68 Å². The summed E-state index contributed by atoms with van der Waals surface area (Å²) < 4.78 is 4.07. The highest BCUT2D eigenvalue weighted by Crippen LogP contribution is 2.05. The van der Waals surface area contributed by atoms with E-state index in [0.29, 0.717) is 0 Å². The average molecular weight is 210 g/mol. The number of aryl methyl sites for hydroxylation is 3. The molecule has 0 radical (unpaired) electrons. The summed E-state index contributed by atoms with van der Waals surface area (Å²) in [5, 5.41) is 4.43. The molecule has 0 aliphatic rings. The Morgan fingerprint density at radius 1 is 1.20 bits per heavy atom. The van der Waals surface area contributed by atoms with Gasteiger partial charge in [0.1, 0.15) is 13.6 Å². The quantitative estimate of drug-likeness (QED) is 0.499. The fourth-order valence-electron chi connectivity index (χ4n) is 1.81. The first kappa shape index (κ1) is 12.2. The van der Waals surface area contributed by atoms with Crippen molar-refractivity contribution in [3.8, 4) is 0 Å². The monoisotopic (exact) mass is 210 g/mol. The lowest BCUT2D eigenvalue weighted by atomic mass is 10.1. The van der Waals surface area contributed by atoms with Gasteiger partial charge in [0.05, 0.1) is 5.21 Å². The molecule has 3 heteroatoms. The lowest BCUT2D eigenvalue weighted by Crippen LogP contribution is -2.35. The van der Waals surface area contributed by atoms with Crippen LogP contribution in [0, 0.1) is 0 Å². The van der Waals surface area contributed by atoms with Gasteiger partial charge in [-0.15, -0.1) is 9.36 Å². The van der Waals surface area contributed by atoms with E-state index >= 15 is 0 Å². The minimum absolute atomic E-state index is 1.03. The largest absolute Gasteiger partial charge is 0.167 e. The first-order valence-electron chi connectivity index (χ1n) is 6.20. The number of rotatable bonds is 7.